The van der Waals surface area contributed by atoms with Gasteiger partial charge in [-0.25, -0.2) is 8.42 Å². The van der Waals surface area contributed by atoms with Crippen LogP contribution in [0.25, 0.3) is 0 Å². The predicted octanol–water partition coefficient (Wildman–Crippen LogP) is 3.32. The minimum Gasteiger partial charge on any atom is -0.497 e. The van der Waals surface area contributed by atoms with E-state index in [2.05, 4.69) is 15.0 Å². The van der Waals surface area contributed by atoms with Crippen molar-refractivity contribution in [1.82, 2.24) is 9.88 Å². The average Bonchev–Trinajstić information content (AvgIpc) is 3.57. The Hall–Kier alpha value is -3.99. The summed E-state index contributed by atoms with van der Waals surface area (Å²) >= 11 is 0. The third-order valence-corrected chi connectivity index (χ3v) is 7.01. The maximum atomic E-state index is 13.0. The van der Waals surface area contributed by atoms with Gasteiger partial charge in [-0.1, -0.05) is 12.1 Å². The summed E-state index contributed by atoms with van der Waals surface area (Å²) in [6.07, 6.45) is 3.12. The molecule has 0 unspecified atom stereocenters. The fourth-order valence-corrected chi connectivity index (χ4v) is 4.88. The van der Waals surface area contributed by atoms with Crippen molar-refractivity contribution in [2.45, 2.75) is 17.7 Å². The first-order valence-electron chi connectivity index (χ1n) is 11.0. The lowest BCUT2D eigenvalue weighted by Gasteiger charge is -2.14. The van der Waals surface area contributed by atoms with Crippen molar-refractivity contribution in [3.8, 4) is 11.5 Å². The Morgan fingerprint density at radius 2 is 1.71 bits per heavy atom. The van der Waals surface area contributed by atoms with Crippen LogP contribution >= 0.6 is 0 Å². The van der Waals surface area contributed by atoms with Crippen molar-refractivity contribution in [1.29, 1.82) is 0 Å². The second kappa shape index (κ2) is 10.1. The molecule has 2 amide bonds. The van der Waals surface area contributed by atoms with Gasteiger partial charge < -0.3 is 24.7 Å². The Bertz CT molecular complexity index is 1350. The van der Waals surface area contributed by atoms with Crippen LogP contribution in [0.4, 0.5) is 11.4 Å². The van der Waals surface area contributed by atoms with Crippen LogP contribution in [-0.4, -0.2) is 57.4 Å². The number of H-pyrrole nitrogens is 1. The zero-order valence-electron chi connectivity index (χ0n) is 19.3. The molecule has 1 fully saturated rings. The zero-order chi connectivity index (χ0) is 25.0. The van der Waals surface area contributed by atoms with Crippen LogP contribution in [0.3, 0.4) is 0 Å². The van der Waals surface area contributed by atoms with E-state index in [1.54, 1.807) is 35.2 Å². The van der Waals surface area contributed by atoms with E-state index in [9.17, 15) is 18.0 Å². The number of sulfonamides is 1. The highest BCUT2D eigenvalue weighted by molar-refractivity contribution is 7.92. The van der Waals surface area contributed by atoms with Gasteiger partial charge in [0.05, 0.1) is 31.2 Å². The smallest absolute Gasteiger partial charge is 0.270 e. The fourth-order valence-electron chi connectivity index (χ4n) is 3.81. The molecule has 0 atom stereocenters. The summed E-state index contributed by atoms with van der Waals surface area (Å²) in [4.78, 5) is 29.9. The highest BCUT2D eigenvalue weighted by atomic mass is 32.2. The molecule has 35 heavy (non-hydrogen) atoms. The number of hydrogen-bond acceptors (Lipinski definition) is 6. The van der Waals surface area contributed by atoms with Crippen molar-refractivity contribution >= 4 is 33.2 Å². The maximum absolute atomic E-state index is 13.0. The van der Waals surface area contributed by atoms with Gasteiger partial charge in [0.1, 0.15) is 22.1 Å². The number of methoxy groups -OCH3 is 2. The summed E-state index contributed by atoms with van der Waals surface area (Å²) in [6, 6.07) is 12.4. The molecule has 0 spiro atoms. The van der Waals surface area contributed by atoms with Gasteiger partial charge in [0.25, 0.3) is 21.8 Å². The van der Waals surface area contributed by atoms with E-state index in [0.717, 1.165) is 12.8 Å². The van der Waals surface area contributed by atoms with Gasteiger partial charge in [0.2, 0.25) is 0 Å². The molecule has 3 N–H and O–H groups in total. The van der Waals surface area contributed by atoms with Gasteiger partial charge in [0.15, 0.2) is 0 Å². The van der Waals surface area contributed by atoms with E-state index in [1.807, 2.05) is 0 Å². The van der Waals surface area contributed by atoms with Crippen LogP contribution in [0, 0.1) is 0 Å². The number of nitrogens with one attached hydrogen (secondary N) is 3. The van der Waals surface area contributed by atoms with Gasteiger partial charge in [-0.15, -0.1) is 0 Å². The van der Waals surface area contributed by atoms with E-state index in [1.165, 1.54) is 38.6 Å². The number of aromatic amines is 1. The number of ether oxygens (including phenoxy) is 2. The summed E-state index contributed by atoms with van der Waals surface area (Å²) in [6.45, 7) is 1.30. The van der Waals surface area contributed by atoms with E-state index in [4.69, 9.17) is 9.47 Å². The molecule has 0 radical (unpaired) electrons. The number of para-hydroxylation sites is 1. The molecular formula is C24H26N4O6S. The summed E-state index contributed by atoms with van der Waals surface area (Å²) < 4.78 is 39.0. The van der Waals surface area contributed by atoms with Crippen molar-refractivity contribution in [3.05, 3.63) is 66.0 Å². The molecule has 1 aromatic heterocycles. The Morgan fingerprint density at radius 3 is 2.43 bits per heavy atom. The normalized spacial score (nSPS) is 13.4. The molecule has 2 aromatic carbocycles. The monoisotopic (exact) mass is 498 g/mol. The average molecular weight is 499 g/mol. The molecule has 1 aliphatic heterocycles. The van der Waals surface area contributed by atoms with Gasteiger partial charge in [-0.3, -0.25) is 14.3 Å². The molecule has 3 aromatic rings. The van der Waals surface area contributed by atoms with Gasteiger partial charge in [-0.2, -0.15) is 0 Å². The summed E-state index contributed by atoms with van der Waals surface area (Å²) in [5.41, 5.74) is 0.792. The summed E-state index contributed by atoms with van der Waals surface area (Å²) in [7, 11) is -1.09. The second-order valence-electron chi connectivity index (χ2n) is 7.92. The van der Waals surface area contributed by atoms with Gasteiger partial charge in [0, 0.05) is 25.4 Å². The molecule has 0 aliphatic carbocycles. The number of benzene rings is 2. The quantitative estimate of drug-likeness (QED) is 0.437. The van der Waals surface area contributed by atoms with Crippen LogP contribution < -0.4 is 19.5 Å². The van der Waals surface area contributed by atoms with E-state index >= 15 is 0 Å². The highest BCUT2D eigenvalue weighted by Gasteiger charge is 2.25. The molecule has 11 heteroatoms. The van der Waals surface area contributed by atoms with Crippen molar-refractivity contribution in [2.24, 2.45) is 0 Å². The summed E-state index contributed by atoms with van der Waals surface area (Å²) in [5.74, 6) is 0.170. The molecule has 2 heterocycles. The number of rotatable bonds is 8. The Labute approximate surface area is 203 Å². The Balaban J connectivity index is 1.54. The lowest BCUT2D eigenvalue weighted by molar-refractivity contribution is 0.0787. The largest absolute Gasteiger partial charge is 0.497 e. The van der Waals surface area contributed by atoms with Gasteiger partial charge in [-0.05, 0) is 43.2 Å². The number of carbonyl (C=O) groups excluding carboxylic acids is 2. The van der Waals surface area contributed by atoms with Crippen LogP contribution in [-0.2, 0) is 10.0 Å². The van der Waals surface area contributed by atoms with Crippen LogP contribution in [0.2, 0.25) is 0 Å². The Morgan fingerprint density at radius 1 is 0.971 bits per heavy atom. The van der Waals surface area contributed by atoms with E-state index in [0.29, 0.717) is 30.3 Å². The van der Waals surface area contributed by atoms with Gasteiger partial charge >= 0.3 is 0 Å². The number of carbonyl (C=O) groups is 2. The first kappa shape index (κ1) is 24.1. The number of aromatic nitrogens is 1. The molecule has 0 bridgehead atoms. The third-order valence-electron chi connectivity index (χ3n) is 5.66. The molecule has 1 saturated heterocycles. The van der Waals surface area contributed by atoms with E-state index < -0.39 is 15.9 Å². The highest BCUT2D eigenvalue weighted by Crippen LogP contribution is 2.30. The molecular weight excluding hydrogens is 472 g/mol. The third kappa shape index (κ3) is 5.24. The first-order valence-corrected chi connectivity index (χ1v) is 12.4. The number of hydrogen-bond donors (Lipinski definition) is 3. The first-order chi connectivity index (χ1) is 16.8. The molecule has 184 valence electrons. The minimum atomic E-state index is -4.07. The summed E-state index contributed by atoms with van der Waals surface area (Å²) in [5, 5.41) is 2.73. The zero-order valence-corrected chi connectivity index (χ0v) is 20.1. The molecule has 4 rings (SSSR count). The lowest BCUT2D eigenvalue weighted by atomic mass is 10.1. The minimum absolute atomic E-state index is 0.0890. The lowest BCUT2D eigenvalue weighted by Crippen LogP contribution is -2.27. The topological polar surface area (TPSA) is 130 Å². The van der Waals surface area contributed by atoms with Crippen molar-refractivity contribution < 1.29 is 27.5 Å². The number of anilines is 2. The molecule has 1 aliphatic rings. The molecule has 10 nitrogen and oxygen atoms in total. The number of likely N-dealkylation sites (tertiary alicyclic amines) is 1. The van der Waals surface area contributed by atoms with Crippen LogP contribution in [0.15, 0.2) is 59.6 Å². The van der Waals surface area contributed by atoms with Crippen LogP contribution in [0.1, 0.15) is 33.7 Å². The van der Waals surface area contributed by atoms with Crippen LogP contribution in [0.5, 0.6) is 11.5 Å². The van der Waals surface area contributed by atoms with E-state index in [-0.39, 0.29) is 27.7 Å². The SMILES string of the molecule is COc1ccc(NC(=O)c2ccccc2NS(=O)(=O)c2c[nH]c(C(=O)N3CCCC3)c2)c(OC)c1. The van der Waals surface area contributed by atoms with Crippen molar-refractivity contribution in [2.75, 3.05) is 37.3 Å². The fraction of sp³-hybridized carbons (Fsp3) is 0.250. The standard InChI is InChI=1S/C24H26N4O6S/c1-33-16-9-10-20(22(13-16)34-2)26-23(29)18-7-3-4-8-19(18)27-35(31,32)17-14-21(25-15-17)24(30)28-11-5-6-12-28/h3-4,7-10,13-15,25,27H,5-6,11-12H2,1-2H3,(H,26,29). The maximum Gasteiger partial charge on any atom is 0.270 e. The molecule has 0 saturated carbocycles. The van der Waals surface area contributed by atoms with Crippen molar-refractivity contribution in [3.63, 3.8) is 0 Å². The predicted molar refractivity (Wildman–Crippen MR) is 131 cm³/mol. The number of nitrogens with zero attached hydrogens (tertiary/aromatic N) is 1. The number of amides is 2. The Kier molecular flexibility index (Phi) is 6.97. The second-order valence-corrected chi connectivity index (χ2v) is 9.60.